The molecule has 2 aromatic rings. The van der Waals surface area contributed by atoms with E-state index in [0.717, 1.165) is 30.5 Å². The summed E-state index contributed by atoms with van der Waals surface area (Å²) in [6.07, 6.45) is 2.75. The number of likely N-dealkylation sites (tertiary alicyclic amines) is 1. The van der Waals surface area contributed by atoms with Crippen LogP contribution in [0.25, 0.3) is 11.4 Å². The highest BCUT2D eigenvalue weighted by molar-refractivity contribution is 5.91. The van der Waals surface area contributed by atoms with Crippen molar-refractivity contribution in [2.45, 2.75) is 52.1 Å². The molecule has 0 saturated carbocycles. The number of aromatic nitrogens is 2. The lowest BCUT2D eigenvalue weighted by Gasteiger charge is -2.31. The van der Waals surface area contributed by atoms with E-state index in [-0.39, 0.29) is 24.3 Å². The van der Waals surface area contributed by atoms with E-state index in [1.807, 2.05) is 18.2 Å². The second-order valence-corrected chi connectivity index (χ2v) is 9.55. The van der Waals surface area contributed by atoms with Gasteiger partial charge in [-0.2, -0.15) is 0 Å². The summed E-state index contributed by atoms with van der Waals surface area (Å²) in [5.41, 5.74) is 1.83. The number of aryl methyl sites for hydroxylation is 1. The lowest BCUT2D eigenvalue weighted by atomic mass is 9.75. The molecule has 0 spiro atoms. The Balaban J connectivity index is 1.72. The van der Waals surface area contributed by atoms with Gasteiger partial charge in [-0.25, -0.2) is 14.8 Å². The maximum Gasteiger partial charge on any atom is 0.357 e. The van der Waals surface area contributed by atoms with Gasteiger partial charge in [-0.1, -0.05) is 37.8 Å². The molecule has 2 aliphatic rings. The first kappa shape index (κ1) is 22.9. The van der Waals surface area contributed by atoms with Crippen molar-refractivity contribution >= 4 is 11.9 Å². The number of benzene rings is 1. The quantitative estimate of drug-likeness (QED) is 0.575. The van der Waals surface area contributed by atoms with Gasteiger partial charge in [0.25, 0.3) is 5.91 Å². The SMILES string of the molecule is CCOC(=O)c1nc(-c2cccc(C#CC3(O)CCN(C)C3=O)c2)nc2c1CC(C)(C)CC2. The van der Waals surface area contributed by atoms with Crippen LogP contribution in [0.5, 0.6) is 0 Å². The number of nitrogens with zero attached hydrogens (tertiary/aromatic N) is 3. The Morgan fingerprint density at radius 2 is 2.06 bits per heavy atom. The molecule has 1 unspecified atom stereocenters. The first-order valence-electron chi connectivity index (χ1n) is 11.3. The van der Waals surface area contributed by atoms with Gasteiger partial charge in [0, 0.05) is 42.4 Å². The molecule has 1 aliphatic carbocycles. The van der Waals surface area contributed by atoms with Crippen LogP contribution in [0.4, 0.5) is 0 Å². The van der Waals surface area contributed by atoms with Crippen LogP contribution >= 0.6 is 0 Å². The van der Waals surface area contributed by atoms with Gasteiger partial charge >= 0.3 is 5.97 Å². The molecule has 1 amide bonds. The van der Waals surface area contributed by atoms with E-state index >= 15 is 0 Å². The minimum atomic E-state index is -1.66. The van der Waals surface area contributed by atoms with Gasteiger partial charge in [0.2, 0.25) is 5.60 Å². The Morgan fingerprint density at radius 1 is 1.27 bits per heavy atom. The third kappa shape index (κ3) is 4.62. The molecule has 7 heteroatoms. The van der Waals surface area contributed by atoms with E-state index in [4.69, 9.17) is 9.72 Å². The molecule has 33 heavy (non-hydrogen) atoms. The second kappa shape index (κ2) is 8.60. The standard InChI is InChI=1S/C26H29N3O4/c1-5-33-23(30)21-19-16-25(2,3)11-10-20(19)27-22(28-21)18-8-6-7-17(15-18)9-12-26(32)13-14-29(4)24(26)31/h6-8,15,32H,5,10-11,13-14,16H2,1-4H3. The van der Waals surface area contributed by atoms with Crippen molar-refractivity contribution in [3.63, 3.8) is 0 Å². The lowest BCUT2D eigenvalue weighted by molar-refractivity contribution is -0.137. The normalized spacial score (nSPS) is 21.2. The van der Waals surface area contributed by atoms with Gasteiger partial charge in [-0.3, -0.25) is 4.79 Å². The molecule has 1 atom stereocenters. The van der Waals surface area contributed by atoms with E-state index in [1.165, 1.54) is 4.90 Å². The predicted molar refractivity (Wildman–Crippen MR) is 123 cm³/mol. The van der Waals surface area contributed by atoms with Crippen molar-refractivity contribution < 1.29 is 19.4 Å². The van der Waals surface area contributed by atoms with E-state index in [9.17, 15) is 14.7 Å². The molecule has 1 aliphatic heterocycles. The number of rotatable bonds is 3. The Labute approximate surface area is 194 Å². The van der Waals surface area contributed by atoms with Crippen LogP contribution < -0.4 is 0 Å². The average Bonchev–Trinajstić information content (AvgIpc) is 3.04. The average molecular weight is 448 g/mol. The van der Waals surface area contributed by atoms with Crippen LogP contribution in [0.15, 0.2) is 24.3 Å². The monoisotopic (exact) mass is 447 g/mol. The summed E-state index contributed by atoms with van der Waals surface area (Å²) in [6, 6.07) is 7.29. The van der Waals surface area contributed by atoms with Crippen LogP contribution in [0, 0.1) is 17.3 Å². The Bertz CT molecular complexity index is 1180. The second-order valence-electron chi connectivity index (χ2n) is 9.55. The van der Waals surface area contributed by atoms with Gasteiger partial charge < -0.3 is 14.7 Å². The Hall–Kier alpha value is -3.24. The molecule has 0 radical (unpaired) electrons. The van der Waals surface area contributed by atoms with Gasteiger partial charge in [0.1, 0.15) is 0 Å². The van der Waals surface area contributed by atoms with Crippen molar-refractivity contribution in [2.24, 2.45) is 5.41 Å². The van der Waals surface area contributed by atoms with Crippen LogP contribution in [-0.2, 0) is 22.4 Å². The summed E-state index contributed by atoms with van der Waals surface area (Å²) in [5.74, 6) is 5.29. The van der Waals surface area contributed by atoms with Crippen LogP contribution in [0.2, 0.25) is 0 Å². The fourth-order valence-corrected chi connectivity index (χ4v) is 4.33. The number of ether oxygens (including phenoxy) is 1. The molecular formula is C26H29N3O4. The summed E-state index contributed by atoms with van der Waals surface area (Å²) < 4.78 is 5.29. The van der Waals surface area contributed by atoms with Crippen molar-refractivity contribution in [1.29, 1.82) is 0 Å². The van der Waals surface area contributed by atoms with Crippen molar-refractivity contribution in [2.75, 3.05) is 20.2 Å². The molecule has 172 valence electrons. The zero-order chi connectivity index (χ0) is 23.8. The summed E-state index contributed by atoms with van der Waals surface area (Å²) in [4.78, 5) is 35.8. The highest BCUT2D eigenvalue weighted by Gasteiger charge is 2.42. The maximum absolute atomic E-state index is 12.7. The fraction of sp³-hybridized carbons (Fsp3) is 0.462. The highest BCUT2D eigenvalue weighted by Crippen LogP contribution is 2.36. The lowest BCUT2D eigenvalue weighted by Crippen LogP contribution is -2.37. The number of carbonyl (C=O) groups excluding carboxylic acids is 2. The molecule has 2 heterocycles. The summed E-state index contributed by atoms with van der Waals surface area (Å²) in [5, 5.41) is 10.6. The number of esters is 1. The molecule has 1 N–H and O–H groups in total. The molecule has 1 fully saturated rings. The molecule has 7 nitrogen and oxygen atoms in total. The number of aliphatic hydroxyl groups is 1. The van der Waals surface area contributed by atoms with Gasteiger partial charge in [-0.15, -0.1) is 0 Å². The van der Waals surface area contributed by atoms with E-state index in [2.05, 4.69) is 30.7 Å². The molecular weight excluding hydrogens is 418 g/mol. The largest absolute Gasteiger partial charge is 0.461 e. The van der Waals surface area contributed by atoms with Gasteiger partial charge in [0.05, 0.1) is 6.61 Å². The minimum absolute atomic E-state index is 0.0701. The number of hydrogen-bond acceptors (Lipinski definition) is 6. The summed E-state index contributed by atoms with van der Waals surface area (Å²) in [6.45, 7) is 6.89. The molecule has 0 bridgehead atoms. The zero-order valence-corrected chi connectivity index (χ0v) is 19.6. The highest BCUT2D eigenvalue weighted by atomic mass is 16.5. The maximum atomic E-state index is 12.7. The van der Waals surface area contributed by atoms with E-state index in [0.29, 0.717) is 29.2 Å². The molecule has 1 aromatic carbocycles. The van der Waals surface area contributed by atoms with E-state index < -0.39 is 11.6 Å². The number of amides is 1. The van der Waals surface area contributed by atoms with Crippen molar-refractivity contribution in [3.8, 4) is 23.2 Å². The van der Waals surface area contributed by atoms with Gasteiger partial charge in [-0.05, 0) is 43.7 Å². The van der Waals surface area contributed by atoms with Gasteiger partial charge in [0.15, 0.2) is 11.5 Å². The Morgan fingerprint density at radius 3 is 2.76 bits per heavy atom. The summed E-state index contributed by atoms with van der Waals surface area (Å²) >= 11 is 0. The van der Waals surface area contributed by atoms with Crippen LogP contribution in [0.3, 0.4) is 0 Å². The Kier molecular flexibility index (Phi) is 5.98. The number of carbonyl (C=O) groups is 2. The van der Waals surface area contributed by atoms with Crippen molar-refractivity contribution in [1.82, 2.24) is 14.9 Å². The topological polar surface area (TPSA) is 92.6 Å². The number of hydrogen-bond donors (Lipinski definition) is 1. The fourth-order valence-electron chi connectivity index (χ4n) is 4.33. The minimum Gasteiger partial charge on any atom is -0.461 e. The predicted octanol–water partition coefficient (Wildman–Crippen LogP) is 2.78. The molecule has 1 aromatic heterocycles. The first-order chi connectivity index (χ1) is 15.6. The van der Waals surface area contributed by atoms with E-state index in [1.54, 1.807) is 20.0 Å². The van der Waals surface area contributed by atoms with Crippen LogP contribution in [0.1, 0.15) is 60.9 Å². The molecule has 1 saturated heterocycles. The third-order valence-electron chi connectivity index (χ3n) is 6.30. The third-order valence-corrected chi connectivity index (χ3v) is 6.30. The first-order valence-corrected chi connectivity index (χ1v) is 11.3. The van der Waals surface area contributed by atoms with Crippen molar-refractivity contribution in [3.05, 3.63) is 46.8 Å². The summed E-state index contributed by atoms with van der Waals surface area (Å²) in [7, 11) is 1.65. The number of likely N-dealkylation sites (N-methyl/N-ethyl adjacent to an activating group) is 1. The zero-order valence-electron chi connectivity index (χ0n) is 19.6. The van der Waals surface area contributed by atoms with Crippen LogP contribution in [-0.4, -0.2) is 57.7 Å². The molecule has 4 rings (SSSR count). The number of fused-ring (bicyclic) bond motifs is 1. The smallest absolute Gasteiger partial charge is 0.357 e.